The highest BCUT2D eigenvalue weighted by Crippen LogP contribution is 2.23. The molecule has 0 atom stereocenters. The molecule has 0 aliphatic rings. The summed E-state index contributed by atoms with van der Waals surface area (Å²) in [5.41, 5.74) is 2.54. The van der Waals surface area contributed by atoms with Crippen molar-refractivity contribution in [1.29, 1.82) is 5.26 Å². The highest BCUT2D eigenvalue weighted by atomic mass is 16.5. The second kappa shape index (κ2) is 5.37. The fourth-order valence-electron chi connectivity index (χ4n) is 2.02. The van der Waals surface area contributed by atoms with E-state index in [1.807, 2.05) is 18.3 Å². The van der Waals surface area contributed by atoms with Gasteiger partial charge in [-0.05, 0) is 31.0 Å². The van der Waals surface area contributed by atoms with Gasteiger partial charge in [0.1, 0.15) is 0 Å². The first kappa shape index (κ1) is 12.2. The Labute approximate surface area is 105 Å². The van der Waals surface area contributed by atoms with Crippen LogP contribution < -0.4 is 0 Å². The maximum atomic E-state index is 11.3. The average molecular weight is 242 g/mol. The van der Waals surface area contributed by atoms with Crippen LogP contribution in [-0.2, 0) is 16.0 Å². The fourth-order valence-corrected chi connectivity index (χ4v) is 2.02. The van der Waals surface area contributed by atoms with Crippen molar-refractivity contribution in [2.45, 2.75) is 19.8 Å². The minimum atomic E-state index is -0.207. The van der Waals surface area contributed by atoms with Gasteiger partial charge in [0, 0.05) is 23.5 Å². The van der Waals surface area contributed by atoms with E-state index >= 15 is 0 Å². The third-order valence-electron chi connectivity index (χ3n) is 2.81. The van der Waals surface area contributed by atoms with Crippen LogP contribution in [0.4, 0.5) is 0 Å². The number of aromatic amines is 1. The molecule has 2 rings (SSSR count). The Balaban J connectivity index is 2.24. The first-order valence-corrected chi connectivity index (χ1v) is 5.91. The van der Waals surface area contributed by atoms with Gasteiger partial charge in [0.2, 0.25) is 0 Å². The highest BCUT2D eigenvalue weighted by molar-refractivity contribution is 5.89. The molecule has 1 aromatic heterocycles. The quantitative estimate of drug-likeness (QED) is 0.838. The fraction of sp³-hybridized carbons (Fsp3) is 0.286. The molecule has 1 N–H and O–H groups in total. The van der Waals surface area contributed by atoms with Crippen LogP contribution in [0.5, 0.6) is 0 Å². The molecule has 0 saturated heterocycles. The molecular weight excluding hydrogens is 228 g/mol. The molecule has 1 heterocycles. The molecule has 18 heavy (non-hydrogen) atoms. The predicted molar refractivity (Wildman–Crippen MR) is 68.0 cm³/mol. The van der Waals surface area contributed by atoms with E-state index in [-0.39, 0.29) is 5.97 Å². The van der Waals surface area contributed by atoms with Crippen LogP contribution in [0.2, 0.25) is 0 Å². The topological polar surface area (TPSA) is 65.9 Å². The smallest absolute Gasteiger partial charge is 0.306 e. The van der Waals surface area contributed by atoms with E-state index in [0.717, 1.165) is 16.5 Å². The lowest BCUT2D eigenvalue weighted by Gasteiger charge is -2.01. The summed E-state index contributed by atoms with van der Waals surface area (Å²) in [6, 6.07) is 7.72. The lowest BCUT2D eigenvalue weighted by molar-refractivity contribution is -0.143. The number of aromatic nitrogens is 1. The number of aryl methyl sites for hydroxylation is 1. The van der Waals surface area contributed by atoms with Gasteiger partial charge in [0.05, 0.1) is 18.2 Å². The minimum Gasteiger partial charge on any atom is -0.466 e. The number of ether oxygens (including phenoxy) is 1. The van der Waals surface area contributed by atoms with Crippen LogP contribution in [-0.4, -0.2) is 17.6 Å². The van der Waals surface area contributed by atoms with E-state index in [2.05, 4.69) is 11.1 Å². The first-order chi connectivity index (χ1) is 8.76. The number of fused-ring (bicyclic) bond motifs is 1. The van der Waals surface area contributed by atoms with Crippen LogP contribution in [0.3, 0.4) is 0 Å². The largest absolute Gasteiger partial charge is 0.466 e. The molecule has 0 saturated carbocycles. The molecule has 92 valence electrons. The maximum Gasteiger partial charge on any atom is 0.306 e. The summed E-state index contributed by atoms with van der Waals surface area (Å²) in [6.07, 6.45) is 2.77. The summed E-state index contributed by atoms with van der Waals surface area (Å²) in [5.74, 6) is -0.207. The summed E-state index contributed by atoms with van der Waals surface area (Å²) >= 11 is 0. The molecule has 0 spiro atoms. The van der Waals surface area contributed by atoms with Crippen LogP contribution >= 0.6 is 0 Å². The lowest BCUT2D eigenvalue weighted by Crippen LogP contribution is -2.05. The number of esters is 1. The molecule has 0 radical (unpaired) electrons. The predicted octanol–water partition coefficient (Wildman–Crippen LogP) is 2.54. The molecule has 2 aromatic rings. The van der Waals surface area contributed by atoms with Crippen molar-refractivity contribution in [3.8, 4) is 6.07 Å². The van der Waals surface area contributed by atoms with Crippen molar-refractivity contribution in [1.82, 2.24) is 4.98 Å². The van der Waals surface area contributed by atoms with Crippen molar-refractivity contribution in [2.75, 3.05) is 6.61 Å². The van der Waals surface area contributed by atoms with Crippen molar-refractivity contribution >= 4 is 16.9 Å². The number of benzene rings is 1. The number of nitrogens with zero attached hydrogens (tertiary/aromatic N) is 1. The Morgan fingerprint density at radius 1 is 1.50 bits per heavy atom. The first-order valence-electron chi connectivity index (χ1n) is 5.91. The van der Waals surface area contributed by atoms with Gasteiger partial charge in [-0.3, -0.25) is 4.79 Å². The summed E-state index contributed by atoms with van der Waals surface area (Å²) < 4.78 is 4.89. The van der Waals surface area contributed by atoms with Gasteiger partial charge in [-0.25, -0.2) is 0 Å². The Morgan fingerprint density at radius 2 is 2.33 bits per heavy atom. The van der Waals surface area contributed by atoms with Crippen molar-refractivity contribution < 1.29 is 9.53 Å². The Morgan fingerprint density at radius 3 is 3.06 bits per heavy atom. The van der Waals surface area contributed by atoms with Gasteiger partial charge < -0.3 is 9.72 Å². The van der Waals surface area contributed by atoms with Crippen LogP contribution in [0, 0.1) is 11.3 Å². The number of H-pyrrole nitrogens is 1. The Bertz CT molecular complexity index is 608. The standard InChI is InChI=1S/C14H14N2O2/c1-2-18-13(17)7-6-11-9-16-12-5-3-4-10(8-15)14(11)12/h3-5,9,16H,2,6-7H2,1H3. The van der Waals surface area contributed by atoms with E-state index in [1.165, 1.54) is 0 Å². The van der Waals surface area contributed by atoms with Gasteiger partial charge in [-0.1, -0.05) is 6.07 Å². The molecule has 0 amide bonds. The van der Waals surface area contributed by atoms with E-state index in [0.29, 0.717) is 25.0 Å². The summed E-state index contributed by atoms with van der Waals surface area (Å²) in [4.78, 5) is 14.4. The molecule has 4 nitrogen and oxygen atoms in total. The summed E-state index contributed by atoms with van der Waals surface area (Å²) in [5, 5.41) is 9.99. The number of carbonyl (C=O) groups is 1. The molecular formula is C14H14N2O2. The Kier molecular flexibility index (Phi) is 3.63. The highest BCUT2D eigenvalue weighted by Gasteiger charge is 2.10. The van der Waals surface area contributed by atoms with Crippen molar-refractivity contribution in [3.05, 3.63) is 35.5 Å². The normalized spacial score (nSPS) is 10.2. The molecule has 0 bridgehead atoms. The van der Waals surface area contributed by atoms with Crippen LogP contribution in [0.25, 0.3) is 10.9 Å². The number of nitrogens with one attached hydrogen (secondary N) is 1. The van der Waals surface area contributed by atoms with E-state index in [4.69, 9.17) is 10.00 Å². The molecule has 4 heteroatoms. The van der Waals surface area contributed by atoms with Gasteiger partial charge in [0.15, 0.2) is 0 Å². The van der Waals surface area contributed by atoms with Gasteiger partial charge in [-0.2, -0.15) is 5.26 Å². The number of rotatable bonds is 4. The second-order valence-corrected chi connectivity index (χ2v) is 3.96. The number of nitriles is 1. The third kappa shape index (κ3) is 2.35. The molecule has 1 aromatic carbocycles. The second-order valence-electron chi connectivity index (χ2n) is 3.96. The average Bonchev–Trinajstić information content (AvgIpc) is 2.80. The van der Waals surface area contributed by atoms with Crippen LogP contribution in [0.15, 0.2) is 24.4 Å². The third-order valence-corrected chi connectivity index (χ3v) is 2.81. The number of hydrogen-bond acceptors (Lipinski definition) is 3. The van der Waals surface area contributed by atoms with Crippen molar-refractivity contribution in [3.63, 3.8) is 0 Å². The Hall–Kier alpha value is -2.28. The monoisotopic (exact) mass is 242 g/mol. The minimum absolute atomic E-state index is 0.207. The van der Waals surface area contributed by atoms with Gasteiger partial charge >= 0.3 is 5.97 Å². The van der Waals surface area contributed by atoms with E-state index in [1.54, 1.807) is 13.0 Å². The lowest BCUT2D eigenvalue weighted by atomic mass is 10.0. The summed E-state index contributed by atoms with van der Waals surface area (Å²) in [7, 11) is 0. The molecule has 0 aliphatic carbocycles. The molecule has 0 aliphatic heterocycles. The number of hydrogen-bond donors (Lipinski definition) is 1. The van der Waals surface area contributed by atoms with E-state index < -0.39 is 0 Å². The SMILES string of the molecule is CCOC(=O)CCc1c[nH]c2cccc(C#N)c12. The summed E-state index contributed by atoms with van der Waals surface area (Å²) in [6.45, 7) is 2.19. The molecule has 0 unspecified atom stereocenters. The van der Waals surface area contributed by atoms with Gasteiger partial charge in [0.25, 0.3) is 0 Å². The molecule has 0 fully saturated rings. The van der Waals surface area contributed by atoms with Gasteiger partial charge in [-0.15, -0.1) is 0 Å². The van der Waals surface area contributed by atoms with E-state index in [9.17, 15) is 4.79 Å². The zero-order valence-corrected chi connectivity index (χ0v) is 10.2. The maximum absolute atomic E-state index is 11.3. The zero-order valence-electron chi connectivity index (χ0n) is 10.2. The number of carbonyl (C=O) groups excluding carboxylic acids is 1. The van der Waals surface area contributed by atoms with Crippen molar-refractivity contribution in [2.24, 2.45) is 0 Å². The zero-order chi connectivity index (χ0) is 13.0. The van der Waals surface area contributed by atoms with Crippen LogP contribution in [0.1, 0.15) is 24.5 Å².